The lowest BCUT2D eigenvalue weighted by Crippen LogP contribution is -2.30. The molecule has 0 radical (unpaired) electrons. The maximum absolute atomic E-state index is 13.2. The number of pyridine rings is 1. The van der Waals surface area contributed by atoms with Crippen LogP contribution in [-0.4, -0.2) is 15.9 Å². The second-order valence-electron chi connectivity index (χ2n) is 6.40. The summed E-state index contributed by atoms with van der Waals surface area (Å²) in [4.78, 5) is 23.4. The normalized spacial score (nSPS) is 11.6. The van der Waals surface area contributed by atoms with Crippen LogP contribution >= 0.6 is 22.9 Å². The highest BCUT2D eigenvalue weighted by atomic mass is 35.5. The average molecular weight is 448 g/mol. The van der Waals surface area contributed by atoms with Gasteiger partial charge in [0.15, 0.2) is 5.13 Å². The topological polar surface area (TPSA) is 46.1 Å². The molecule has 0 aliphatic carbocycles. The SMILES string of the molecule is O=C(c1ccc(C(F)(F)F)cc1)N(Cc1ccccn1)c1nc2ccc(Cl)cc2s1. The van der Waals surface area contributed by atoms with Crippen molar-refractivity contribution >= 4 is 44.2 Å². The van der Waals surface area contributed by atoms with Crippen LogP contribution in [0.25, 0.3) is 10.2 Å². The van der Waals surface area contributed by atoms with E-state index in [-0.39, 0.29) is 12.1 Å². The third-order valence-corrected chi connectivity index (χ3v) is 5.60. The highest BCUT2D eigenvalue weighted by Gasteiger charge is 2.31. The van der Waals surface area contributed by atoms with Crippen molar-refractivity contribution in [3.63, 3.8) is 0 Å². The number of aromatic nitrogens is 2. The molecule has 4 nitrogen and oxygen atoms in total. The first-order valence-corrected chi connectivity index (χ1v) is 9.96. The molecule has 0 aliphatic rings. The van der Waals surface area contributed by atoms with Gasteiger partial charge in [0.05, 0.1) is 28.0 Å². The highest BCUT2D eigenvalue weighted by molar-refractivity contribution is 7.22. The Balaban J connectivity index is 1.73. The standard InChI is InChI=1S/C21H13ClF3N3OS/c22-15-8-9-17-18(11-15)30-20(27-17)28(12-16-3-1-2-10-26-16)19(29)13-4-6-14(7-5-13)21(23,24)25/h1-11H,12H2. The van der Waals surface area contributed by atoms with Gasteiger partial charge in [0.2, 0.25) is 0 Å². The molecule has 2 heterocycles. The molecule has 152 valence electrons. The Morgan fingerprint density at radius 2 is 1.83 bits per heavy atom. The van der Waals surface area contributed by atoms with Gasteiger partial charge in [-0.2, -0.15) is 13.2 Å². The summed E-state index contributed by atoms with van der Waals surface area (Å²) in [5, 5.41) is 0.950. The molecule has 9 heteroatoms. The Kier molecular flexibility index (Phi) is 5.44. The summed E-state index contributed by atoms with van der Waals surface area (Å²) in [5.41, 5.74) is 0.599. The third-order valence-electron chi connectivity index (χ3n) is 4.32. The van der Waals surface area contributed by atoms with E-state index in [0.717, 1.165) is 16.8 Å². The van der Waals surface area contributed by atoms with E-state index in [0.29, 0.717) is 21.4 Å². The number of alkyl halides is 3. The number of thiazole rings is 1. The minimum absolute atomic E-state index is 0.119. The number of amides is 1. The van der Waals surface area contributed by atoms with Crippen molar-refractivity contribution in [3.05, 3.63) is 88.7 Å². The van der Waals surface area contributed by atoms with E-state index in [1.54, 1.807) is 42.6 Å². The lowest BCUT2D eigenvalue weighted by atomic mass is 10.1. The zero-order valence-electron chi connectivity index (χ0n) is 15.2. The Morgan fingerprint density at radius 1 is 1.07 bits per heavy atom. The number of carbonyl (C=O) groups is 1. The van der Waals surface area contributed by atoms with Gasteiger partial charge in [-0.15, -0.1) is 0 Å². The summed E-state index contributed by atoms with van der Waals surface area (Å²) in [6.45, 7) is 0.119. The molecule has 2 aromatic heterocycles. The van der Waals surface area contributed by atoms with E-state index in [4.69, 9.17) is 11.6 Å². The van der Waals surface area contributed by atoms with Crippen LogP contribution < -0.4 is 4.90 Å². The summed E-state index contributed by atoms with van der Waals surface area (Å²) in [5.74, 6) is -0.473. The Labute approximate surface area is 178 Å². The van der Waals surface area contributed by atoms with Crippen molar-refractivity contribution in [1.82, 2.24) is 9.97 Å². The number of fused-ring (bicyclic) bond motifs is 1. The molecule has 2 aromatic carbocycles. The highest BCUT2D eigenvalue weighted by Crippen LogP contribution is 2.33. The van der Waals surface area contributed by atoms with Crippen LogP contribution in [0.1, 0.15) is 21.6 Å². The van der Waals surface area contributed by atoms with E-state index < -0.39 is 17.6 Å². The molecule has 0 fully saturated rings. The molecule has 0 bridgehead atoms. The monoisotopic (exact) mass is 447 g/mol. The average Bonchev–Trinajstić information content (AvgIpc) is 3.14. The minimum atomic E-state index is -4.47. The lowest BCUT2D eigenvalue weighted by molar-refractivity contribution is -0.137. The molecule has 0 atom stereocenters. The predicted octanol–water partition coefficient (Wildman–Crippen LogP) is 6.21. The van der Waals surface area contributed by atoms with E-state index in [2.05, 4.69) is 9.97 Å². The van der Waals surface area contributed by atoms with Crippen molar-refractivity contribution in [2.45, 2.75) is 12.7 Å². The summed E-state index contributed by atoms with van der Waals surface area (Å²) < 4.78 is 39.4. The first-order chi connectivity index (χ1) is 14.3. The first kappa shape index (κ1) is 20.3. The third kappa shape index (κ3) is 4.29. The van der Waals surface area contributed by atoms with Gasteiger partial charge in [0, 0.05) is 16.8 Å². The zero-order valence-corrected chi connectivity index (χ0v) is 16.8. The zero-order chi connectivity index (χ0) is 21.3. The predicted molar refractivity (Wildman–Crippen MR) is 111 cm³/mol. The Hall–Kier alpha value is -2.97. The van der Waals surface area contributed by atoms with Crippen LogP contribution in [0.2, 0.25) is 5.02 Å². The number of benzene rings is 2. The van der Waals surface area contributed by atoms with E-state index in [9.17, 15) is 18.0 Å². The molecule has 30 heavy (non-hydrogen) atoms. The summed E-state index contributed by atoms with van der Waals surface area (Å²) in [6, 6.07) is 14.6. The van der Waals surface area contributed by atoms with Crippen LogP contribution in [0.4, 0.5) is 18.3 Å². The van der Waals surface area contributed by atoms with Crippen LogP contribution in [0.5, 0.6) is 0 Å². The number of rotatable bonds is 4. The Morgan fingerprint density at radius 3 is 2.50 bits per heavy atom. The number of anilines is 1. The number of nitrogens with zero attached hydrogens (tertiary/aromatic N) is 3. The van der Waals surface area contributed by atoms with Crippen molar-refractivity contribution < 1.29 is 18.0 Å². The first-order valence-electron chi connectivity index (χ1n) is 8.76. The quantitative estimate of drug-likeness (QED) is 0.373. The summed E-state index contributed by atoms with van der Waals surface area (Å²) >= 11 is 7.31. The second kappa shape index (κ2) is 8.04. The number of carbonyl (C=O) groups excluding carboxylic acids is 1. The van der Waals surface area contributed by atoms with Gasteiger partial charge in [-0.3, -0.25) is 14.7 Å². The van der Waals surface area contributed by atoms with Crippen LogP contribution in [0, 0.1) is 0 Å². The van der Waals surface area contributed by atoms with Crippen LogP contribution in [0.15, 0.2) is 66.9 Å². The van der Waals surface area contributed by atoms with Crippen molar-refractivity contribution in [1.29, 1.82) is 0 Å². The smallest absolute Gasteiger partial charge is 0.278 e. The molecule has 0 unspecified atom stereocenters. The largest absolute Gasteiger partial charge is 0.416 e. The summed E-state index contributed by atoms with van der Waals surface area (Å²) in [7, 11) is 0. The minimum Gasteiger partial charge on any atom is -0.278 e. The van der Waals surface area contributed by atoms with Crippen molar-refractivity contribution in [2.24, 2.45) is 0 Å². The van der Waals surface area contributed by atoms with Crippen molar-refractivity contribution in [2.75, 3.05) is 4.90 Å². The van der Waals surface area contributed by atoms with Gasteiger partial charge in [-0.1, -0.05) is 29.0 Å². The van der Waals surface area contributed by atoms with E-state index in [1.165, 1.54) is 28.4 Å². The number of hydrogen-bond acceptors (Lipinski definition) is 4. The fourth-order valence-corrected chi connectivity index (χ4v) is 4.08. The number of halogens is 4. The van der Waals surface area contributed by atoms with Gasteiger partial charge in [0.25, 0.3) is 5.91 Å². The maximum atomic E-state index is 13.2. The van der Waals surface area contributed by atoms with Gasteiger partial charge in [-0.25, -0.2) is 4.98 Å². The number of hydrogen-bond donors (Lipinski definition) is 0. The van der Waals surface area contributed by atoms with E-state index >= 15 is 0 Å². The molecule has 1 amide bonds. The lowest BCUT2D eigenvalue weighted by Gasteiger charge is -2.20. The molecule has 0 saturated heterocycles. The fraction of sp³-hybridized carbons (Fsp3) is 0.0952. The molecule has 0 N–H and O–H groups in total. The van der Waals surface area contributed by atoms with Gasteiger partial charge >= 0.3 is 6.18 Å². The van der Waals surface area contributed by atoms with Crippen molar-refractivity contribution in [3.8, 4) is 0 Å². The molecule has 0 saturated carbocycles. The van der Waals surface area contributed by atoms with E-state index in [1.807, 2.05) is 0 Å². The van der Waals surface area contributed by atoms with Crippen LogP contribution in [-0.2, 0) is 12.7 Å². The Bertz CT molecular complexity index is 1190. The van der Waals surface area contributed by atoms with Gasteiger partial charge < -0.3 is 0 Å². The molecular formula is C21H13ClF3N3OS. The van der Waals surface area contributed by atoms with Crippen LogP contribution in [0.3, 0.4) is 0 Å². The molecular weight excluding hydrogens is 435 g/mol. The molecule has 0 aliphatic heterocycles. The van der Waals surface area contributed by atoms with Gasteiger partial charge in [-0.05, 0) is 54.6 Å². The molecule has 4 aromatic rings. The second-order valence-corrected chi connectivity index (χ2v) is 7.84. The maximum Gasteiger partial charge on any atom is 0.416 e. The molecule has 0 spiro atoms. The fourth-order valence-electron chi connectivity index (χ4n) is 2.84. The molecule has 4 rings (SSSR count). The van der Waals surface area contributed by atoms with Gasteiger partial charge in [0.1, 0.15) is 0 Å². The summed E-state index contributed by atoms with van der Waals surface area (Å²) in [6.07, 6.45) is -2.87.